The first kappa shape index (κ1) is 54.6. The fraction of sp³-hybridized carbons (Fsp3) is 0.263. The number of benzene rings is 9. The van der Waals surface area contributed by atoms with Gasteiger partial charge in [0.25, 0.3) is 0 Å². The average Bonchev–Trinajstić information content (AvgIpc) is 3.99. The van der Waals surface area contributed by atoms with Gasteiger partial charge in [-0.25, -0.2) is 17.6 Å². The molecule has 414 valence electrons. The molecule has 0 fully saturated rings. The van der Waals surface area contributed by atoms with Crippen LogP contribution in [0.5, 0.6) is 0 Å². The van der Waals surface area contributed by atoms with E-state index < -0.39 is 39.5 Å². The molecule has 0 N–H and O–H groups in total. The highest BCUT2D eigenvalue weighted by molar-refractivity contribution is 6.11. The van der Waals surface area contributed by atoms with Gasteiger partial charge in [-0.15, -0.1) is 0 Å². The smallest absolute Gasteiger partial charge is 0.150 e. The molecule has 0 heterocycles. The molecule has 82 heavy (non-hydrogen) atoms. The summed E-state index contributed by atoms with van der Waals surface area (Å²) in [5.74, 6) is -2.52. The van der Waals surface area contributed by atoms with Crippen molar-refractivity contribution in [1.29, 1.82) is 0 Å². The molecule has 3 aliphatic rings. The van der Waals surface area contributed by atoms with E-state index in [1.54, 1.807) is 12.1 Å². The molecule has 0 amide bonds. The number of hydrogen-bond acceptors (Lipinski definition) is 2. The molecule has 0 saturated heterocycles. The standard InChI is InChI=1S/C76H72F4N2/c1-39-41(3)45(7)72(46(8)42(39)4)81(68-28-26-50(77)32-65(68)79)67-30-31-74(12,13)60-35-57-58-36-63-59(37-62(58)75(14,15)61(57)34-56(60)49(11)52-22-18-19-23-53(52)67)71-55-25-21-20-24-54(55)70(38-64(71)76(63,16)17)82(69-29-27-51(78)33-66(69)80)73-47(9)43(5)40(2)44(6)48(73)10/h18-30,32-38H,11,31H2,1-10,12-17H3/b67-30+. The van der Waals surface area contributed by atoms with Crippen molar-refractivity contribution in [2.45, 2.75) is 133 Å². The summed E-state index contributed by atoms with van der Waals surface area (Å²) in [7, 11) is 0. The average molecular weight is 1090 g/mol. The quantitative estimate of drug-likeness (QED) is 0.153. The van der Waals surface area contributed by atoms with Crippen LogP contribution in [0.3, 0.4) is 0 Å². The summed E-state index contributed by atoms with van der Waals surface area (Å²) in [5.41, 5.74) is 28.3. The lowest BCUT2D eigenvalue weighted by molar-refractivity contribution is 0.532. The minimum Gasteiger partial charge on any atom is -0.307 e. The topological polar surface area (TPSA) is 6.48 Å². The lowest BCUT2D eigenvalue weighted by Gasteiger charge is -2.34. The maximum Gasteiger partial charge on any atom is 0.150 e. The van der Waals surface area contributed by atoms with Gasteiger partial charge >= 0.3 is 0 Å². The molecular formula is C76H72F4N2. The maximum atomic E-state index is 16.7. The molecule has 0 aliphatic heterocycles. The summed E-state index contributed by atoms with van der Waals surface area (Å²) >= 11 is 0. The van der Waals surface area contributed by atoms with Crippen molar-refractivity contribution in [1.82, 2.24) is 0 Å². The Morgan fingerprint density at radius 3 is 1.33 bits per heavy atom. The molecule has 6 heteroatoms. The number of allylic oxidation sites excluding steroid dienone is 1. The van der Waals surface area contributed by atoms with Crippen molar-refractivity contribution in [2.75, 3.05) is 9.80 Å². The van der Waals surface area contributed by atoms with Crippen LogP contribution in [0.2, 0.25) is 0 Å². The molecule has 0 aromatic heterocycles. The molecule has 2 nitrogen and oxygen atoms in total. The zero-order valence-corrected chi connectivity index (χ0v) is 50.4. The molecule has 9 aromatic carbocycles. The summed E-state index contributed by atoms with van der Waals surface area (Å²) in [5, 5.41) is 2.04. The van der Waals surface area contributed by atoms with E-state index >= 15 is 8.78 Å². The lowest BCUT2D eigenvalue weighted by Crippen LogP contribution is -2.22. The van der Waals surface area contributed by atoms with E-state index in [0.29, 0.717) is 6.42 Å². The lowest BCUT2D eigenvalue weighted by atomic mass is 9.74. The normalized spacial score (nSPS) is 15.8. The van der Waals surface area contributed by atoms with Crippen LogP contribution in [0, 0.1) is 92.5 Å². The highest BCUT2D eigenvalue weighted by Crippen LogP contribution is 2.61. The second-order valence-corrected chi connectivity index (χ2v) is 25.5. The molecule has 0 bridgehead atoms. The van der Waals surface area contributed by atoms with Gasteiger partial charge in [0.1, 0.15) is 23.3 Å². The van der Waals surface area contributed by atoms with E-state index in [-0.39, 0.29) is 11.4 Å². The van der Waals surface area contributed by atoms with Gasteiger partial charge in [0, 0.05) is 33.9 Å². The van der Waals surface area contributed by atoms with Crippen LogP contribution >= 0.6 is 0 Å². The Hall–Kier alpha value is -7.96. The van der Waals surface area contributed by atoms with E-state index in [2.05, 4.69) is 190 Å². The molecule has 0 unspecified atom stereocenters. The SMILES string of the molecule is C=C1c2ccccc2/C(N(c2ccc(F)cc2F)c2c(C)c(C)c(C)c(C)c2C)=C\CC(C)(C)c2cc3c(cc21)C(C)(C)c1cc2c(cc1-3)C(C)(C)c1cc(N(c3ccc(F)cc3F)c3c(C)c(C)c(C)c(C)c3C)c3ccccc3c1-2. The number of rotatable bonds is 6. The number of halogens is 4. The fourth-order valence-electron chi connectivity index (χ4n) is 14.4. The van der Waals surface area contributed by atoms with Crippen molar-refractivity contribution in [3.05, 3.63) is 251 Å². The summed E-state index contributed by atoms with van der Waals surface area (Å²) in [6, 6.07) is 36.7. The summed E-state index contributed by atoms with van der Waals surface area (Å²) in [4.78, 5) is 4.08. The zero-order valence-electron chi connectivity index (χ0n) is 50.4. The van der Waals surface area contributed by atoms with E-state index in [4.69, 9.17) is 6.58 Å². The highest BCUT2D eigenvalue weighted by atomic mass is 19.1. The fourth-order valence-corrected chi connectivity index (χ4v) is 14.4. The Kier molecular flexibility index (Phi) is 12.5. The molecule has 0 radical (unpaired) electrons. The van der Waals surface area contributed by atoms with Crippen LogP contribution in [0.25, 0.3) is 44.3 Å². The number of anilines is 5. The van der Waals surface area contributed by atoms with Crippen LogP contribution in [0.1, 0.15) is 148 Å². The van der Waals surface area contributed by atoms with Gasteiger partial charge in [-0.3, -0.25) is 0 Å². The van der Waals surface area contributed by atoms with E-state index in [0.717, 1.165) is 118 Å². The Balaban J connectivity index is 1.05. The third kappa shape index (κ3) is 7.79. The Bertz CT molecular complexity index is 4290. The van der Waals surface area contributed by atoms with Crippen molar-refractivity contribution in [3.63, 3.8) is 0 Å². The largest absolute Gasteiger partial charge is 0.307 e. The monoisotopic (exact) mass is 1090 g/mol. The second-order valence-electron chi connectivity index (χ2n) is 25.5. The van der Waals surface area contributed by atoms with Crippen LogP contribution in [0.4, 0.5) is 46.0 Å². The summed E-state index contributed by atoms with van der Waals surface area (Å²) in [6.07, 6.45) is 2.86. The number of fused-ring (bicyclic) bond motifs is 10. The van der Waals surface area contributed by atoms with Crippen molar-refractivity contribution < 1.29 is 17.6 Å². The molecule has 3 aliphatic carbocycles. The molecule has 12 rings (SSSR count). The van der Waals surface area contributed by atoms with Gasteiger partial charge in [0.2, 0.25) is 0 Å². The minimum atomic E-state index is -0.641. The van der Waals surface area contributed by atoms with Gasteiger partial charge in [-0.1, -0.05) is 103 Å². The van der Waals surface area contributed by atoms with Crippen molar-refractivity contribution in [2.24, 2.45) is 0 Å². The van der Waals surface area contributed by atoms with Gasteiger partial charge in [0.05, 0.1) is 34.1 Å². The number of hydrogen-bond donors (Lipinski definition) is 0. The third-order valence-corrected chi connectivity index (χ3v) is 20.1. The van der Waals surface area contributed by atoms with Gasteiger partial charge < -0.3 is 9.80 Å². The zero-order chi connectivity index (χ0) is 58.7. The molecule has 0 atom stereocenters. The molecule has 9 aromatic rings. The van der Waals surface area contributed by atoms with Crippen molar-refractivity contribution >= 4 is 50.5 Å². The summed E-state index contributed by atoms with van der Waals surface area (Å²) < 4.78 is 63.1. The Labute approximate surface area is 482 Å². The van der Waals surface area contributed by atoms with Gasteiger partial charge in [-0.2, -0.15) is 0 Å². The van der Waals surface area contributed by atoms with Crippen LogP contribution < -0.4 is 9.80 Å². The molecule has 0 saturated carbocycles. The third-order valence-electron chi connectivity index (χ3n) is 20.1. The number of nitrogens with zero attached hydrogens (tertiary/aromatic N) is 2. The summed E-state index contributed by atoms with van der Waals surface area (Å²) in [6.45, 7) is 40.1. The molecular weight excluding hydrogens is 1020 g/mol. The second kappa shape index (κ2) is 18.8. The maximum absolute atomic E-state index is 16.7. The van der Waals surface area contributed by atoms with E-state index in [1.165, 1.54) is 67.8 Å². The predicted molar refractivity (Wildman–Crippen MR) is 336 cm³/mol. The van der Waals surface area contributed by atoms with Crippen LogP contribution in [0.15, 0.2) is 128 Å². The Morgan fingerprint density at radius 2 is 0.793 bits per heavy atom. The first-order chi connectivity index (χ1) is 38.7. The first-order valence-electron chi connectivity index (χ1n) is 28.8. The highest BCUT2D eigenvalue weighted by Gasteiger charge is 2.45. The first-order valence-corrected chi connectivity index (χ1v) is 28.8. The molecule has 0 spiro atoms. The van der Waals surface area contributed by atoms with Crippen molar-refractivity contribution in [3.8, 4) is 22.3 Å². The van der Waals surface area contributed by atoms with E-state index in [9.17, 15) is 8.78 Å². The van der Waals surface area contributed by atoms with E-state index in [1.807, 2.05) is 15.9 Å². The van der Waals surface area contributed by atoms with Gasteiger partial charge in [-0.05, 0) is 263 Å². The van der Waals surface area contributed by atoms with Crippen LogP contribution in [-0.4, -0.2) is 0 Å². The minimum absolute atomic E-state index is 0.274. The predicted octanol–water partition coefficient (Wildman–Crippen LogP) is 21.5. The van der Waals surface area contributed by atoms with Crippen LogP contribution in [-0.2, 0) is 16.2 Å². The van der Waals surface area contributed by atoms with Gasteiger partial charge in [0.15, 0.2) is 0 Å². The Morgan fingerprint density at radius 1 is 0.378 bits per heavy atom.